The molecule has 0 spiro atoms. The number of halogens is 3. The van der Waals surface area contributed by atoms with E-state index in [0.717, 1.165) is 30.3 Å². The normalized spacial score (nSPS) is 26.4. The average molecular weight is 503 g/mol. The first-order valence-electron chi connectivity index (χ1n) is 13.0. The lowest BCUT2D eigenvalue weighted by Gasteiger charge is -2.56. The zero-order valence-electron chi connectivity index (χ0n) is 20.3. The molecule has 2 fully saturated rings. The highest BCUT2D eigenvalue weighted by atomic mass is 19.4. The number of anilines is 2. The van der Waals surface area contributed by atoms with Crippen molar-refractivity contribution in [2.45, 2.75) is 81.8 Å². The maximum Gasteiger partial charge on any atom is 0.490 e. The SMILES string of the molecule is O=C(O)C(F)(F)F.Oc1cc2c(cc1Nc1ccc3c(c1)CCCC3)C[C@@H]1NCC[C@]23CCCC[C@H]13. The van der Waals surface area contributed by atoms with Crippen LogP contribution in [0.25, 0.3) is 0 Å². The Morgan fingerprint density at radius 1 is 1.00 bits per heavy atom. The lowest BCUT2D eigenvalue weighted by atomic mass is 9.53. The third-order valence-corrected chi connectivity index (χ3v) is 8.63. The van der Waals surface area contributed by atoms with Crippen LogP contribution < -0.4 is 10.6 Å². The van der Waals surface area contributed by atoms with Crippen LogP contribution in [0, 0.1) is 5.92 Å². The van der Waals surface area contributed by atoms with Crippen LogP contribution in [0.5, 0.6) is 5.75 Å². The van der Waals surface area contributed by atoms with Gasteiger partial charge in [0.2, 0.25) is 0 Å². The molecule has 0 unspecified atom stereocenters. The molecule has 3 atom stereocenters. The first-order chi connectivity index (χ1) is 17.2. The van der Waals surface area contributed by atoms with Crippen LogP contribution in [0.4, 0.5) is 24.5 Å². The Morgan fingerprint density at radius 2 is 1.75 bits per heavy atom. The highest BCUT2D eigenvalue weighted by Crippen LogP contribution is 2.55. The predicted octanol–water partition coefficient (Wildman–Crippen LogP) is 5.99. The number of phenols is 1. The van der Waals surface area contributed by atoms with Crippen LogP contribution in [0.15, 0.2) is 30.3 Å². The van der Waals surface area contributed by atoms with Gasteiger partial charge in [-0.05, 0) is 110 Å². The molecule has 3 aliphatic carbocycles. The molecule has 5 nitrogen and oxygen atoms in total. The van der Waals surface area contributed by atoms with Gasteiger partial charge in [0.15, 0.2) is 0 Å². The molecular formula is C28H33F3N2O3. The van der Waals surface area contributed by atoms with Crippen molar-refractivity contribution in [2.24, 2.45) is 5.92 Å². The number of carbonyl (C=O) groups is 1. The van der Waals surface area contributed by atoms with Crippen LogP contribution in [0.3, 0.4) is 0 Å². The van der Waals surface area contributed by atoms with Gasteiger partial charge in [0, 0.05) is 17.1 Å². The first kappa shape index (κ1) is 24.9. The quantitative estimate of drug-likeness (QED) is 0.379. The Labute approximate surface area is 209 Å². The molecule has 0 aromatic heterocycles. The van der Waals surface area contributed by atoms with Crippen molar-refractivity contribution in [3.05, 3.63) is 52.6 Å². The zero-order chi connectivity index (χ0) is 25.5. The number of aryl methyl sites for hydroxylation is 2. The fraction of sp³-hybridized carbons (Fsp3) is 0.536. The minimum absolute atomic E-state index is 0.295. The van der Waals surface area contributed by atoms with Gasteiger partial charge in [-0.25, -0.2) is 4.79 Å². The van der Waals surface area contributed by atoms with E-state index in [4.69, 9.17) is 9.90 Å². The number of fused-ring (bicyclic) bond motifs is 2. The van der Waals surface area contributed by atoms with E-state index < -0.39 is 12.1 Å². The van der Waals surface area contributed by atoms with Gasteiger partial charge in [-0.15, -0.1) is 0 Å². The largest absolute Gasteiger partial charge is 0.506 e. The molecule has 194 valence electrons. The number of benzene rings is 2. The molecule has 36 heavy (non-hydrogen) atoms. The second-order valence-electron chi connectivity index (χ2n) is 10.7. The number of piperidine rings is 1. The van der Waals surface area contributed by atoms with Crippen molar-refractivity contribution >= 4 is 17.3 Å². The van der Waals surface area contributed by atoms with Crippen molar-refractivity contribution in [3.8, 4) is 5.75 Å². The van der Waals surface area contributed by atoms with Gasteiger partial charge in [0.05, 0.1) is 5.69 Å². The van der Waals surface area contributed by atoms with Crippen LogP contribution in [-0.2, 0) is 29.5 Å². The smallest absolute Gasteiger partial charge is 0.490 e. The number of phenolic OH excluding ortho intramolecular Hbond substituents is 1. The van der Waals surface area contributed by atoms with E-state index >= 15 is 0 Å². The summed E-state index contributed by atoms with van der Waals surface area (Å²) in [5.74, 6) is -1.60. The topological polar surface area (TPSA) is 81.6 Å². The zero-order valence-corrected chi connectivity index (χ0v) is 20.3. The van der Waals surface area contributed by atoms with Crippen LogP contribution in [0.1, 0.15) is 67.2 Å². The van der Waals surface area contributed by atoms with Crippen LogP contribution in [0.2, 0.25) is 0 Å². The highest BCUT2D eigenvalue weighted by Gasteiger charge is 2.51. The standard InChI is InChI=1S/C26H32N2O.C2HF3O2/c29-25-16-22-19(14-23-21-7-3-4-10-26(21,22)11-12-27-23)15-24(25)28-20-9-8-17-5-1-2-6-18(17)13-20;3-2(4,5)1(6)7/h8-9,13,15-16,21,23,27-29H,1-7,10-12,14H2;(H,6,7)/t21-,23+,26+;/m1./s1. The lowest BCUT2D eigenvalue weighted by Crippen LogP contribution is -2.59. The number of aromatic hydroxyl groups is 1. The molecule has 2 aromatic rings. The van der Waals surface area contributed by atoms with Gasteiger partial charge >= 0.3 is 12.1 Å². The Morgan fingerprint density at radius 3 is 2.50 bits per heavy atom. The van der Waals surface area contributed by atoms with Crippen LogP contribution >= 0.6 is 0 Å². The van der Waals surface area contributed by atoms with Crippen molar-refractivity contribution in [2.75, 3.05) is 11.9 Å². The van der Waals surface area contributed by atoms with Crippen LogP contribution in [-0.4, -0.2) is 34.9 Å². The number of nitrogens with one attached hydrogen (secondary N) is 2. The molecule has 1 aliphatic heterocycles. The summed E-state index contributed by atoms with van der Waals surface area (Å²) in [5, 5.41) is 25.5. The Bertz CT molecular complexity index is 1150. The molecule has 2 aromatic carbocycles. The summed E-state index contributed by atoms with van der Waals surface area (Å²) in [6, 6.07) is 11.7. The van der Waals surface area contributed by atoms with E-state index in [-0.39, 0.29) is 0 Å². The fourth-order valence-corrected chi connectivity index (χ4v) is 7.04. The molecular weight excluding hydrogens is 469 g/mol. The second kappa shape index (κ2) is 9.61. The molecule has 6 rings (SSSR count). The van der Waals surface area contributed by atoms with Gasteiger partial charge in [-0.1, -0.05) is 18.9 Å². The molecule has 1 saturated carbocycles. The van der Waals surface area contributed by atoms with E-state index in [1.165, 1.54) is 80.0 Å². The third kappa shape index (κ3) is 4.67. The first-order valence-corrected chi connectivity index (χ1v) is 13.0. The van der Waals surface area contributed by atoms with Gasteiger partial charge in [0.1, 0.15) is 5.75 Å². The molecule has 2 bridgehead atoms. The van der Waals surface area contributed by atoms with E-state index in [1.807, 2.05) is 0 Å². The number of alkyl halides is 3. The molecule has 4 N–H and O–H groups in total. The Hall–Kier alpha value is -2.74. The number of rotatable bonds is 2. The summed E-state index contributed by atoms with van der Waals surface area (Å²) in [5.41, 5.74) is 8.13. The Kier molecular flexibility index (Phi) is 6.66. The maximum atomic E-state index is 11.0. The van der Waals surface area contributed by atoms with E-state index in [1.54, 1.807) is 0 Å². The summed E-state index contributed by atoms with van der Waals surface area (Å²) in [4.78, 5) is 8.90. The number of hydrogen-bond acceptors (Lipinski definition) is 4. The van der Waals surface area contributed by atoms with Gasteiger partial charge < -0.3 is 20.8 Å². The molecule has 1 heterocycles. The van der Waals surface area contributed by atoms with Gasteiger partial charge in [-0.2, -0.15) is 13.2 Å². The van der Waals surface area contributed by atoms with E-state index in [0.29, 0.717) is 17.2 Å². The monoisotopic (exact) mass is 502 g/mol. The number of aliphatic carboxylic acids is 1. The highest BCUT2D eigenvalue weighted by molar-refractivity contribution is 5.73. The number of carboxylic acids is 1. The summed E-state index contributed by atoms with van der Waals surface area (Å²) in [6.45, 7) is 1.12. The summed E-state index contributed by atoms with van der Waals surface area (Å²) >= 11 is 0. The second-order valence-corrected chi connectivity index (χ2v) is 10.7. The van der Waals surface area contributed by atoms with Crippen molar-refractivity contribution in [1.29, 1.82) is 0 Å². The Balaban J connectivity index is 0.000000338. The van der Waals surface area contributed by atoms with Crippen molar-refractivity contribution in [1.82, 2.24) is 5.32 Å². The van der Waals surface area contributed by atoms with Crippen molar-refractivity contribution in [3.63, 3.8) is 0 Å². The molecule has 8 heteroatoms. The minimum Gasteiger partial charge on any atom is -0.506 e. The molecule has 0 radical (unpaired) electrons. The average Bonchev–Trinajstić information content (AvgIpc) is 2.85. The summed E-state index contributed by atoms with van der Waals surface area (Å²) < 4.78 is 31.7. The lowest BCUT2D eigenvalue weighted by molar-refractivity contribution is -0.192. The predicted molar refractivity (Wildman–Crippen MR) is 132 cm³/mol. The molecule has 4 aliphatic rings. The molecule has 1 saturated heterocycles. The minimum atomic E-state index is -5.08. The van der Waals surface area contributed by atoms with Gasteiger partial charge in [-0.3, -0.25) is 0 Å². The number of carboxylic acid groups (broad SMARTS) is 1. The number of hydrogen-bond donors (Lipinski definition) is 4. The van der Waals surface area contributed by atoms with E-state index in [9.17, 15) is 18.3 Å². The summed E-state index contributed by atoms with van der Waals surface area (Å²) in [6.07, 6.45) is 7.55. The summed E-state index contributed by atoms with van der Waals surface area (Å²) in [7, 11) is 0. The fourth-order valence-electron chi connectivity index (χ4n) is 7.04. The van der Waals surface area contributed by atoms with Gasteiger partial charge in [0.25, 0.3) is 0 Å². The van der Waals surface area contributed by atoms with Crippen molar-refractivity contribution < 1.29 is 28.2 Å². The molecule has 0 amide bonds. The van der Waals surface area contributed by atoms with E-state index in [2.05, 4.69) is 41.0 Å². The third-order valence-electron chi connectivity index (χ3n) is 8.63. The maximum absolute atomic E-state index is 11.0.